The van der Waals surface area contributed by atoms with Gasteiger partial charge in [-0.2, -0.15) is 13.2 Å². The molecule has 0 saturated heterocycles. The van der Waals surface area contributed by atoms with Gasteiger partial charge in [0.15, 0.2) is 11.6 Å². The van der Waals surface area contributed by atoms with E-state index < -0.39 is 11.7 Å². The summed E-state index contributed by atoms with van der Waals surface area (Å²) in [5.41, 5.74) is 0.801. The fraction of sp³-hybridized carbons (Fsp3) is 0.235. The second-order valence-electron chi connectivity index (χ2n) is 5.45. The molecular weight excluding hydrogens is 331 g/mol. The summed E-state index contributed by atoms with van der Waals surface area (Å²) in [6.07, 6.45) is 1.35. The van der Waals surface area contributed by atoms with Gasteiger partial charge in [-0.1, -0.05) is 6.92 Å². The molecule has 0 unspecified atom stereocenters. The van der Waals surface area contributed by atoms with Gasteiger partial charge in [-0.25, -0.2) is 9.97 Å². The maximum atomic E-state index is 12.6. The first kappa shape index (κ1) is 16.9. The van der Waals surface area contributed by atoms with Gasteiger partial charge in [0, 0.05) is 17.6 Å². The minimum atomic E-state index is -4.35. The number of hydrogen-bond donors (Lipinski definition) is 1. The van der Waals surface area contributed by atoms with E-state index in [0.29, 0.717) is 17.3 Å². The number of hydrogen-bond acceptors (Lipinski definition) is 4. The molecule has 2 heterocycles. The van der Waals surface area contributed by atoms with Crippen LogP contribution in [-0.4, -0.2) is 19.5 Å². The highest BCUT2D eigenvalue weighted by molar-refractivity contribution is 5.56. The van der Waals surface area contributed by atoms with Gasteiger partial charge in [0.05, 0.1) is 18.0 Å². The van der Waals surface area contributed by atoms with Crippen LogP contribution in [0.4, 0.5) is 24.7 Å². The van der Waals surface area contributed by atoms with Gasteiger partial charge in [0.2, 0.25) is 0 Å². The number of rotatable bonds is 4. The van der Waals surface area contributed by atoms with Crippen molar-refractivity contribution < 1.29 is 13.2 Å². The lowest BCUT2D eigenvalue weighted by molar-refractivity contribution is -0.137. The van der Waals surface area contributed by atoms with Crippen molar-refractivity contribution in [1.29, 1.82) is 0 Å². The maximum absolute atomic E-state index is 12.6. The van der Waals surface area contributed by atoms with Gasteiger partial charge < -0.3 is 5.32 Å². The third-order valence-electron chi connectivity index (χ3n) is 3.71. The van der Waals surface area contributed by atoms with Crippen LogP contribution in [0.1, 0.15) is 24.0 Å². The van der Waals surface area contributed by atoms with Crippen LogP contribution in [0.2, 0.25) is 0 Å². The van der Waals surface area contributed by atoms with E-state index in [2.05, 4.69) is 20.3 Å². The molecule has 0 aliphatic heterocycles. The molecule has 130 valence electrons. The van der Waals surface area contributed by atoms with Crippen molar-refractivity contribution in [2.45, 2.75) is 26.4 Å². The lowest BCUT2D eigenvalue weighted by atomic mass is 10.2. The number of nitrogens with zero attached hydrogens (tertiary/aromatic N) is 4. The molecule has 8 heteroatoms. The molecule has 1 aromatic carbocycles. The van der Waals surface area contributed by atoms with Crippen LogP contribution < -0.4 is 5.32 Å². The van der Waals surface area contributed by atoms with Crippen molar-refractivity contribution in [3.05, 3.63) is 59.9 Å². The van der Waals surface area contributed by atoms with E-state index in [-0.39, 0.29) is 0 Å². The zero-order valence-corrected chi connectivity index (χ0v) is 13.7. The third kappa shape index (κ3) is 3.62. The van der Waals surface area contributed by atoms with E-state index >= 15 is 0 Å². The number of benzene rings is 1. The van der Waals surface area contributed by atoms with Crippen LogP contribution in [0.25, 0.3) is 5.82 Å². The number of aryl methyl sites for hydroxylation is 2. The third-order valence-corrected chi connectivity index (χ3v) is 3.71. The van der Waals surface area contributed by atoms with Gasteiger partial charge in [0.25, 0.3) is 0 Å². The minimum absolute atomic E-state index is 0.437. The Balaban J connectivity index is 1.86. The molecule has 3 aromatic rings. The standard InChI is InChI=1S/C17H16F3N5/c1-3-14-8-22-11(2)25(14)16-10-21-9-15(24-16)23-13-6-4-12(5-7-13)17(18,19)20/h4-10H,3H2,1-2H3,(H,23,24). The summed E-state index contributed by atoms with van der Waals surface area (Å²) in [6.45, 7) is 3.89. The number of nitrogens with one attached hydrogen (secondary N) is 1. The quantitative estimate of drug-likeness (QED) is 0.765. The smallest absolute Gasteiger partial charge is 0.339 e. The topological polar surface area (TPSA) is 55.6 Å². The van der Waals surface area contributed by atoms with Crippen LogP contribution in [0.5, 0.6) is 0 Å². The number of aromatic nitrogens is 4. The molecule has 0 fully saturated rings. The van der Waals surface area contributed by atoms with Crippen LogP contribution >= 0.6 is 0 Å². The number of imidazole rings is 1. The van der Waals surface area contributed by atoms with Crippen molar-refractivity contribution in [2.24, 2.45) is 0 Å². The summed E-state index contributed by atoms with van der Waals surface area (Å²) in [7, 11) is 0. The highest BCUT2D eigenvalue weighted by atomic mass is 19.4. The van der Waals surface area contributed by atoms with Crippen molar-refractivity contribution in [2.75, 3.05) is 5.32 Å². The Morgan fingerprint density at radius 2 is 1.80 bits per heavy atom. The molecule has 0 aliphatic rings. The lowest BCUT2D eigenvalue weighted by Crippen LogP contribution is -2.07. The van der Waals surface area contributed by atoms with E-state index in [1.54, 1.807) is 12.4 Å². The summed E-state index contributed by atoms with van der Waals surface area (Å²) in [5, 5.41) is 2.97. The van der Waals surface area contributed by atoms with Crippen LogP contribution in [0.3, 0.4) is 0 Å². The molecular formula is C17H16F3N5. The monoisotopic (exact) mass is 347 g/mol. The Morgan fingerprint density at radius 1 is 1.08 bits per heavy atom. The molecule has 25 heavy (non-hydrogen) atoms. The Bertz CT molecular complexity index is 869. The summed E-state index contributed by atoms with van der Waals surface area (Å²) in [5.74, 6) is 1.83. The van der Waals surface area contributed by atoms with E-state index in [1.165, 1.54) is 18.3 Å². The van der Waals surface area contributed by atoms with Gasteiger partial charge in [-0.05, 0) is 37.6 Å². The summed E-state index contributed by atoms with van der Waals surface area (Å²) in [4.78, 5) is 12.9. The zero-order valence-electron chi connectivity index (χ0n) is 13.7. The number of anilines is 2. The fourth-order valence-corrected chi connectivity index (χ4v) is 2.47. The van der Waals surface area contributed by atoms with Crippen molar-refractivity contribution in [3.63, 3.8) is 0 Å². The lowest BCUT2D eigenvalue weighted by Gasteiger charge is -2.11. The maximum Gasteiger partial charge on any atom is 0.416 e. The summed E-state index contributed by atoms with van der Waals surface area (Å²) in [6, 6.07) is 4.76. The molecule has 0 bridgehead atoms. The minimum Gasteiger partial charge on any atom is -0.339 e. The predicted molar refractivity (Wildman–Crippen MR) is 88.0 cm³/mol. The molecule has 0 atom stereocenters. The summed E-state index contributed by atoms with van der Waals surface area (Å²) < 4.78 is 39.7. The SMILES string of the molecule is CCc1cnc(C)n1-c1cncc(Nc2ccc(C(F)(F)F)cc2)n1. The largest absolute Gasteiger partial charge is 0.416 e. The fourth-order valence-electron chi connectivity index (χ4n) is 2.47. The van der Waals surface area contributed by atoms with Gasteiger partial charge in [0.1, 0.15) is 5.82 Å². The first-order chi connectivity index (χ1) is 11.9. The molecule has 0 aliphatic carbocycles. The summed E-state index contributed by atoms with van der Waals surface area (Å²) >= 11 is 0. The van der Waals surface area contributed by atoms with E-state index in [1.807, 2.05) is 18.4 Å². The first-order valence-corrected chi connectivity index (χ1v) is 7.68. The normalized spacial score (nSPS) is 11.6. The average molecular weight is 347 g/mol. The second kappa shape index (κ2) is 6.54. The molecule has 0 saturated carbocycles. The Morgan fingerprint density at radius 3 is 2.44 bits per heavy atom. The molecule has 0 spiro atoms. The Labute approximate surface area is 142 Å². The van der Waals surface area contributed by atoms with Gasteiger partial charge in [-0.15, -0.1) is 0 Å². The molecule has 5 nitrogen and oxygen atoms in total. The highest BCUT2D eigenvalue weighted by Gasteiger charge is 2.29. The zero-order chi connectivity index (χ0) is 18.0. The molecule has 2 aromatic heterocycles. The Hall–Kier alpha value is -2.90. The van der Waals surface area contributed by atoms with E-state index in [0.717, 1.165) is 30.1 Å². The molecule has 1 N–H and O–H groups in total. The molecule has 3 rings (SSSR count). The van der Waals surface area contributed by atoms with E-state index in [4.69, 9.17) is 0 Å². The Kier molecular flexibility index (Phi) is 4.43. The predicted octanol–water partition coefficient (Wildman–Crippen LogP) is 4.30. The van der Waals surface area contributed by atoms with Crippen molar-refractivity contribution in [3.8, 4) is 5.82 Å². The average Bonchev–Trinajstić information content (AvgIpc) is 2.95. The van der Waals surface area contributed by atoms with Crippen molar-refractivity contribution in [1.82, 2.24) is 19.5 Å². The van der Waals surface area contributed by atoms with Crippen LogP contribution in [0.15, 0.2) is 42.9 Å². The van der Waals surface area contributed by atoms with Gasteiger partial charge in [-0.3, -0.25) is 9.55 Å². The highest BCUT2D eigenvalue weighted by Crippen LogP contribution is 2.30. The number of alkyl halides is 3. The van der Waals surface area contributed by atoms with Crippen LogP contribution in [-0.2, 0) is 12.6 Å². The first-order valence-electron chi connectivity index (χ1n) is 7.68. The molecule has 0 radical (unpaired) electrons. The van der Waals surface area contributed by atoms with E-state index in [9.17, 15) is 13.2 Å². The molecule has 0 amide bonds. The van der Waals surface area contributed by atoms with Gasteiger partial charge >= 0.3 is 6.18 Å². The second-order valence-corrected chi connectivity index (χ2v) is 5.45. The van der Waals surface area contributed by atoms with Crippen molar-refractivity contribution >= 4 is 11.5 Å². The number of halogens is 3. The van der Waals surface area contributed by atoms with Crippen LogP contribution in [0, 0.1) is 6.92 Å².